The number of benzene rings is 2. The summed E-state index contributed by atoms with van der Waals surface area (Å²) in [4.78, 5) is 4.56. The number of nitrogens with one attached hydrogen (secondary N) is 1. The van der Waals surface area contributed by atoms with Gasteiger partial charge in [-0.25, -0.2) is 8.42 Å². The summed E-state index contributed by atoms with van der Waals surface area (Å²) in [7, 11) is -0.679. The molecule has 0 saturated carbocycles. The van der Waals surface area contributed by atoms with Crippen LogP contribution in [-0.4, -0.2) is 51.9 Å². The van der Waals surface area contributed by atoms with E-state index in [1.807, 2.05) is 11.9 Å². The summed E-state index contributed by atoms with van der Waals surface area (Å²) in [6.45, 7) is 1.15. The van der Waals surface area contributed by atoms with Gasteiger partial charge in [0.15, 0.2) is 0 Å². The van der Waals surface area contributed by atoms with Gasteiger partial charge >= 0.3 is 6.36 Å². The molecule has 1 N–H and O–H groups in total. The Labute approximate surface area is 183 Å². The largest absolute Gasteiger partial charge is 0.574 e. The molecule has 1 aliphatic rings. The van der Waals surface area contributed by atoms with Crippen LogP contribution in [0.25, 0.3) is 16.5 Å². The smallest absolute Gasteiger partial charge is 0.497 e. The van der Waals surface area contributed by atoms with E-state index in [1.165, 1.54) is 49.6 Å². The number of hydrogen-bond acceptors (Lipinski definition) is 5. The van der Waals surface area contributed by atoms with E-state index >= 15 is 0 Å². The lowest BCUT2D eigenvalue weighted by Gasteiger charge is -2.23. The Kier molecular flexibility index (Phi) is 5.68. The Balaban J connectivity index is 1.96. The zero-order valence-electron chi connectivity index (χ0n) is 17.4. The Hall–Kier alpha value is -2.98. The van der Waals surface area contributed by atoms with Crippen LogP contribution in [-0.2, 0) is 9.84 Å². The van der Waals surface area contributed by atoms with Crippen LogP contribution in [0.4, 0.5) is 13.2 Å². The van der Waals surface area contributed by atoms with Gasteiger partial charge in [-0.05, 0) is 55.4 Å². The predicted octanol–water partition coefficient (Wildman–Crippen LogP) is 4.63. The van der Waals surface area contributed by atoms with Crippen LogP contribution < -0.4 is 9.47 Å². The predicted molar refractivity (Wildman–Crippen MR) is 114 cm³/mol. The third-order valence-corrected chi connectivity index (χ3v) is 7.17. The van der Waals surface area contributed by atoms with Crippen molar-refractivity contribution in [3.05, 3.63) is 54.1 Å². The number of sulfone groups is 1. The zero-order valence-corrected chi connectivity index (χ0v) is 18.2. The second-order valence-corrected chi connectivity index (χ2v) is 9.39. The Morgan fingerprint density at radius 2 is 1.81 bits per heavy atom. The minimum Gasteiger partial charge on any atom is -0.497 e. The fourth-order valence-corrected chi connectivity index (χ4v) is 5.28. The van der Waals surface area contributed by atoms with Crippen molar-refractivity contribution in [2.45, 2.75) is 22.6 Å². The van der Waals surface area contributed by atoms with Gasteiger partial charge in [0.1, 0.15) is 5.75 Å². The fourth-order valence-electron chi connectivity index (χ4n) is 3.79. The zero-order chi connectivity index (χ0) is 23.1. The molecule has 6 nitrogen and oxygen atoms in total. The van der Waals surface area contributed by atoms with Crippen molar-refractivity contribution >= 4 is 26.3 Å². The first-order chi connectivity index (χ1) is 15.1. The molecule has 0 bridgehead atoms. The van der Waals surface area contributed by atoms with Gasteiger partial charge in [0.05, 0.1) is 22.4 Å². The molecule has 0 unspecified atom stereocenters. The van der Waals surface area contributed by atoms with E-state index in [9.17, 15) is 21.6 Å². The van der Waals surface area contributed by atoms with Crippen molar-refractivity contribution in [2.75, 3.05) is 27.2 Å². The number of methoxy groups -OCH3 is 1. The molecule has 0 aliphatic carbocycles. The molecular formula is C22H21F3N2O4S. The molecule has 0 spiro atoms. The number of likely N-dealkylation sites (N-methyl/N-ethyl adjacent to an activating group) is 1. The molecule has 2 aromatic carbocycles. The second kappa shape index (κ2) is 8.18. The van der Waals surface area contributed by atoms with Crippen molar-refractivity contribution in [1.29, 1.82) is 0 Å². The number of fused-ring (bicyclic) bond motifs is 1. The van der Waals surface area contributed by atoms with Crippen LogP contribution in [0.15, 0.2) is 58.3 Å². The molecule has 32 heavy (non-hydrogen) atoms. The number of ether oxygens (including phenoxy) is 2. The average molecular weight is 466 g/mol. The molecule has 0 fully saturated rings. The molecule has 0 radical (unpaired) electrons. The number of aromatic amines is 1. The summed E-state index contributed by atoms with van der Waals surface area (Å²) in [5, 5.41) is 0.179. The first-order valence-corrected chi connectivity index (χ1v) is 11.3. The minimum atomic E-state index is -4.93. The van der Waals surface area contributed by atoms with Gasteiger partial charge in [-0.1, -0.05) is 12.1 Å². The number of H-pyrrole nitrogens is 1. The quantitative estimate of drug-likeness (QED) is 0.594. The highest BCUT2D eigenvalue weighted by molar-refractivity contribution is 7.91. The van der Waals surface area contributed by atoms with Crippen LogP contribution in [0, 0.1) is 0 Å². The van der Waals surface area contributed by atoms with Crippen LogP contribution in [0.2, 0.25) is 0 Å². The molecule has 0 atom stereocenters. The number of aromatic nitrogens is 1. The van der Waals surface area contributed by atoms with Gasteiger partial charge in [0, 0.05) is 24.0 Å². The Morgan fingerprint density at radius 1 is 1.09 bits per heavy atom. The van der Waals surface area contributed by atoms with Crippen molar-refractivity contribution in [3.8, 4) is 11.6 Å². The highest BCUT2D eigenvalue weighted by Crippen LogP contribution is 2.42. The van der Waals surface area contributed by atoms with E-state index < -0.39 is 22.1 Å². The van der Waals surface area contributed by atoms with Crippen LogP contribution in [0.5, 0.6) is 11.6 Å². The van der Waals surface area contributed by atoms with Gasteiger partial charge in [-0.15, -0.1) is 13.2 Å². The van der Waals surface area contributed by atoms with Gasteiger partial charge in [0.2, 0.25) is 15.7 Å². The maximum Gasteiger partial charge on any atom is 0.574 e. The molecular weight excluding hydrogens is 445 g/mol. The monoisotopic (exact) mass is 466 g/mol. The number of hydrogen-bond donors (Lipinski definition) is 1. The Bertz CT molecular complexity index is 1280. The first-order valence-electron chi connectivity index (χ1n) is 9.77. The van der Waals surface area contributed by atoms with Gasteiger partial charge in [-0.3, -0.25) is 0 Å². The Morgan fingerprint density at radius 3 is 2.41 bits per heavy atom. The van der Waals surface area contributed by atoms with Crippen molar-refractivity contribution in [2.24, 2.45) is 0 Å². The van der Waals surface area contributed by atoms with E-state index in [0.29, 0.717) is 30.8 Å². The average Bonchev–Trinajstić information content (AvgIpc) is 3.10. The highest BCUT2D eigenvalue weighted by Gasteiger charge is 2.35. The summed E-state index contributed by atoms with van der Waals surface area (Å²) in [5.41, 5.74) is 0.970. The lowest BCUT2D eigenvalue weighted by atomic mass is 9.98. The third kappa shape index (κ3) is 4.20. The molecule has 4 rings (SSSR count). The summed E-state index contributed by atoms with van der Waals surface area (Å²) in [6, 6.07) is 10.3. The molecule has 1 aromatic heterocycles. The summed E-state index contributed by atoms with van der Waals surface area (Å²) in [5.74, 6) is -0.0254. The van der Waals surface area contributed by atoms with Crippen LogP contribution in [0.3, 0.4) is 0 Å². The van der Waals surface area contributed by atoms with E-state index in [4.69, 9.17) is 4.74 Å². The lowest BCUT2D eigenvalue weighted by Crippen LogP contribution is -2.24. The number of alkyl halides is 3. The van der Waals surface area contributed by atoms with E-state index in [2.05, 4.69) is 9.72 Å². The first kappa shape index (κ1) is 22.2. The second-order valence-electron chi connectivity index (χ2n) is 7.48. The highest BCUT2D eigenvalue weighted by atomic mass is 32.2. The van der Waals surface area contributed by atoms with Gasteiger partial charge in [-0.2, -0.15) is 0 Å². The molecule has 0 amide bonds. The number of halogens is 3. The standard InChI is InChI=1S/C22H21F3N2O4S/c1-27-12-10-14(11-13-27)19-20-17(26-21(19)31-22(23,24)25)4-3-5-18(20)32(28,29)16-8-6-15(30-2)7-9-16/h3-10,26H,11-13H2,1-2H3. The maximum absolute atomic E-state index is 13.5. The maximum atomic E-state index is 13.5. The van der Waals surface area contributed by atoms with Crippen molar-refractivity contribution in [1.82, 2.24) is 9.88 Å². The summed E-state index contributed by atoms with van der Waals surface area (Å²) in [6.07, 6.45) is -2.68. The van der Waals surface area contributed by atoms with Crippen LogP contribution in [0.1, 0.15) is 12.0 Å². The molecule has 170 valence electrons. The molecule has 10 heteroatoms. The minimum absolute atomic E-state index is 0.00796. The fraction of sp³-hybridized carbons (Fsp3) is 0.273. The SMILES string of the molecule is COc1ccc(S(=O)(=O)c2cccc3[nH]c(OC(F)(F)F)c(C4=CCN(C)CC4)c23)cc1. The molecule has 0 saturated heterocycles. The lowest BCUT2D eigenvalue weighted by molar-refractivity contribution is -0.276. The molecule has 1 aliphatic heterocycles. The number of rotatable bonds is 5. The van der Waals surface area contributed by atoms with Crippen LogP contribution >= 0.6 is 0 Å². The number of nitrogens with zero attached hydrogens (tertiary/aromatic N) is 1. The topological polar surface area (TPSA) is 71.6 Å². The third-order valence-electron chi connectivity index (χ3n) is 5.36. The molecule has 2 heterocycles. The summed E-state index contributed by atoms with van der Waals surface area (Å²) < 4.78 is 75.8. The van der Waals surface area contributed by atoms with Crippen molar-refractivity contribution < 1.29 is 31.1 Å². The van der Waals surface area contributed by atoms with Gasteiger partial charge < -0.3 is 19.4 Å². The van der Waals surface area contributed by atoms with E-state index in [-0.39, 0.29) is 26.3 Å². The molecule has 3 aromatic rings. The van der Waals surface area contributed by atoms with E-state index in [0.717, 1.165) is 0 Å². The van der Waals surface area contributed by atoms with Gasteiger partial charge in [0.25, 0.3) is 0 Å². The summed E-state index contributed by atoms with van der Waals surface area (Å²) >= 11 is 0. The van der Waals surface area contributed by atoms with Crippen molar-refractivity contribution in [3.63, 3.8) is 0 Å². The normalized spacial score (nSPS) is 15.6. The van der Waals surface area contributed by atoms with E-state index in [1.54, 1.807) is 6.08 Å².